The van der Waals surface area contributed by atoms with Crippen molar-refractivity contribution < 1.29 is 0 Å². The number of rotatable bonds is 1. The molecule has 0 unspecified atom stereocenters. The molecule has 1 saturated carbocycles. The summed E-state index contributed by atoms with van der Waals surface area (Å²) in [6.07, 6.45) is 7.46. The second-order valence-corrected chi connectivity index (χ2v) is 9.31. The highest BCUT2D eigenvalue weighted by atomic mass is 14.2. The molecule has 1 aliphatic heterocycles. The molecule has 1 heteroatoms. The number of fused-ring (bicyclic) bond motifs is 3. The Morgan fingerprint density at radius 2 is 1.19 bits per heavy atom. The summed E-state index contributed by atoms with van der Waals surface area (Å²) in [6.45, 7) is 16.5. The lowest BCUT2D eigenvalue weighted by molar-refractivity contribution is 0.279. The summed E-state index contributed by atoms with van der Waals surface area (Å²) in [6, 6.07) is 9.16. The van der Waals surface area contributed by atoms with E-state index in [2.05, 4.69) is 72.6 Å². The van der Waals surface area contributed by atoms with Crippen LogP contribution < -0.4 is 10.9 Å². The smallest absolute Gasteiger partial charge is 0.0774 e. The van der Waals surface area contributed by atoms with Gasteiger partial charge in [-0.25, -0.2) is 0 Å². The molecule has 2 aliphatic rings. The Morgan fingerprint density at radius 1 is 0.741 bits per heavy atom. The average molecular weight is 360 g/mol. The maximum atomic E-state index is 2.36. The van der Waals surface area contributed by atoms with Crippen LogP contribution in [0.25, 0.3) is 11.1 Å². The van der Waals surface area contributed by atoms with Gasteiger partial charge in [-0.2, -0.15) is 0 Å². The van der Waals surface area contributed by atoms with E-state index >= 15 is 0 Å². The van der Waals surface area contributed by atoms with Crippen LogP contribution in [-0.4, -0.2) is 6.71 Å². The minimum absolute atomic E-state index is 0.536. The SMILES string of the molecule is CB1c2ccc(C)c(C)c2-c2c1ccc(C)c2C.CC(C)C1CCCCC1. The van der Waals surface area contributed by atoms with Crippen LogP contribution in [0.2, 0.25) is 6.82 Å². The zero-order valence-electron chi connectivity index (χ0n) is 18.6. The van der Waals surface area contributed by atoms with Gasteiger partial charge in [-0.05, 0) is 72.9 Å². The Balaban J connectivity index is 0.000000197. The number of aryl methyl sites for hydroxylation is 2. The molecule has 0 atom stereocenters. The summed E-state index contributed by atoms with van der Waals surface area (Å²) in [4.78, 5) is 0. The quantitative estimate of drug-likeness (QED) is 0.519. The van der Waals surface area contributed by atoms with Gasteiger partial charge in [0.05, 0.1) is 0 Å². The highest BCUT2D eigenvalue weighted by Gasteiger charge is 2.30. The lowest BCUT2D eigenvalue weighted by Crippen LogP contribution is -2.34. The van der Waals surface area contributed by atoms with E-state index in [0.717, 1.165) is 11.8 Å². The van der Waals surface area contributed by atoms with E-state index in [-0.39, 0.29) is 0 Å². The fourth-order valence-electron chi connectivity index (χ4n) is 5.03. The standard InChI is InChI=1S/C17H19B.C9H18/c1-10-6-8-14-16(12(10)3)17-13(4)11(2)7-9-15(17)18(14)5;1-8(2)9-6-4-3-5-7-9/h6-9H,1-5H3;8-9H,3-7H2,1-2H3. The molecule has 0 N–H and O–H groups in total. The molecule has 0 aromatic heterocycles. The van der Waals surface area contributed by atoms with E-state index in [9.17, 15) is 0 Å². The highest BCUT2D eigenvalue weighted by Crippen LogP contribution is 2.32. The molecule has 0 radical (unpaired) electrons. The van der Waals surface area contributed by atoms with Crippen LogP contribution >= 0.6 is 0 Å². The van der Waals surface area contributed by atoms with E-state index in [1.54, 1.807) is 0 Å². The molecular formula is C26H37B. The van der Waals surface area contributed by atoms with E-state index < -0.39 is 0 Å². The molecule has 1 fully saturated rings. The van der Waals surface area contributed by atoms with Gasteiger partial charge in [-0.15, -0.1) is 0 Å². The van der Waals surface area contributed by atoms with Gasteiger partial charge in [0.25, 0.3) is 0 Å². The zero-order chi connectivity index (χ0) is 19.7. The van der Waals surface area contributed by atoms with Crippen LogP contribution in [0, 0.1) is 39.5 Å². The zero-order valence-corrected chi connectivity index (χ0v) is 18.6. The molecule has 0 spiro atoms. The van der Waals surface area contributed by atoms with Crippen molar-refractivity contribution in [3.05, 3.63) is 46.5 Å². The first-order valence-corrected chi connectivity index (χ1v) is 11.0. The topological polar surface area (TPSA) is 0 Å². The molecule has 0 bridgehead atoms. The minimum atomic E-state index is 0.536. The van der Waals surface area contributed by atoms with Crippen molar-refractivity contribution in [2.75, 3.05) is 0 Å². The van der Waals surface area contributed by atoms with Crippen LogP contribution in [0.1, 0.15) is 68.2 Å². The van der Waals surface area contributed by atoms with Gasteiger partial charge in [0, 0.05) is 0 Å². The fourth-order valence-corrected chi connectivity index (χ4v) is 5.03. The molecular weight excluding hydrogens is 323 g/mol. The largest absolute Gasteiger partial charge is 0.207 e. The Labute approximate surface area is 167 Å². The van der Waals surface area contributed by atoms with Gasteiger partial charge in [0.2, 0.25) is 6.71 Å². The molecule has 4 rings (SSSR count). The third kappa shape index (κ3) is 3.89. The lowest BCUT2D eigenvalue weighted by Gasteiger charge is -2.24. The van der Waals surface area contributed by atoms with Crippen molar-refractivity contribution in [2.45, 2.75) is 80.5 Å². The number of hydrogen-bond donors (Lipinski definition) is 0. The second kappa shape index (κ2) is 8.25. The highest BCUT2D eigenvalue weighted by molar-refractivity contribution is 6.88. The van der Waals surface area contributed by atoms with Crippen molar-refractivity contribution in [1.82, 2.24) is 0 Å². The van der Waals surface area contributed by atoms with Crippen molar-refractivity contribution in [1.29, 1.82) is 0 Å². The molecule has 27 heavy (non-hydrogen) atoms. The van der Waals surface area contributed by atoms with Gasteiger partial charge >= 0.3 is 0 Å². The van der Waals surface area contributed by atoms with E-state index in [1.807, 2.05) is 0 Å². The summed E-state index contributed by atoms with van der Waals surface area (Å²) in [5, 5.41) is 0. The molecule has 0 amide bonds. The summed E-state index contributed by atoms with van der Waals surface area (Å²) in [7, 11) is 0. The normalized spacial score (nSPS) is 16.1. The number of hydrogen-bond acceptors (Lipinski definition) is 0. The second-order valence-electron chi connectivity index (χ2n) is 9.31. The summed E-state index contributed by atoms with van der Waals surface area (Å²) in [5.74, 6) is 1.99. The summed E-state index contributed by atoms with van der Waals surface area (Å²) in [5.41, 5.74) is 11.7. The van der Waals surface area contributed by atoms with Crippen molar-refractivity contribution in [3.63, 3.8) is 0 Å². The molecule has 144 valence electrons. The summed E-state index contributed by atoms with van der Waals surface area (Å²) >= 11 is 0. The molecule has 2 aromatic rings. The number of benzene rings is 2. The fraction of sp³-hybridized carbons (Fsp3) is 0.538. The third-order valence-corrected chi connectivity index (χ3v) is 7.31. The predicted molar refractivity (Wildman–Crippen MR) is 123 cm³/mol. The van der Waals surface area contributed by atoms with Gasteiger partial charge in [-0.1, -0.05) is 88.0 Å². The molecule has 0 saturated heterocycles. The van der Waals surface area contributed by atoms with E-state index in [0.29, 0.717) is 6.71 Å². The summed E-state index contributed by atoms with van der Waals surface area (Å²) < 4.78 is 0. The Morgan fingerprint density at radius 3 is 1.56 bits per heavy atom. The first-order valence-electron chi connectivity index (χ1n) is 11.0. The minimum Gasteiger partial charge on any atom is -0.0774 e. The molecule has 0 nitrogen and oxygen atoms in total. The van der Waals surface area contributed by atoms with E-state index in [1.165, 1.54) is 76.4 Å². The maximum Gasteiger partial charge on any atom is 0.207 e. The predicted octanol–water partition coefficient (Wildman–Crippen LogP) is 6.36. The first-order chi connectivity index (χ1) is 12.8. The molecule has 1 heterocycles. The molecule has 1 aliphatic carbocycles. The van der Waals surface area contributed by atoms with Crippen molar-refractivity contribution in [2.24, 2.45) is 11.8 Å². The Kier molecular flexibility index (Phi) is 6.19. The lowest BCUT2D eigenvalue weighted by atomic mass is 9.45. The average Bonchev–Trinajstić information content (AvgIpc) is 2.96. The first kappa shape index (κ1) is 20.2. The van der Waals surface area contributed by atoms with Gasteiger partial charge < -0.3 is 0 Å². The Bertz CT molecular complexity index is 752. The van der Waals surface area contributed by atoms with Gasteiger partial charge in [-0.3, -0.25) is 0 Å². The third-order valence-electron chi connectivity index (χ3n) is 7.31. The van der Waals surface area contributed by atoms with Gasteiger partial charge in [0.1, 0.15) is 0 Å². The Hall–Kier alpha value is -1.50. The van der Waals surface area contributed by atoms with Crippen LogP contribution in [-0.2, 0) is 0 Å². The van der Waals surface area contributed by atoms with E-state index in [4.69, 9.17) is 0 Å². The van der Waals surface area contributed by atoms with Crippen LogP contribution in [0.15, 0.2) is 24.3 Å². The monoisotopic (exact) mass is 360 g/mol. The maximum absolute atomic E-state index is 2.36. The van der Waals surface area contributed by atoms with Gasteiger partial charge in [0.15, 0.2) is 0 Å². The van der Waals surface area contributed by atoms with Crippen LogP contribution in [0.4, 0.5) is 0 Å². The van der Waals surface area contributed by atoms with Crippen molar-refractivity contribution in [3.8, 4) is 11.1 Å². The molecule has 2 aromatic carbocycles. The van der Waals surface area contributed by atoms with Crippen LogP contribution in [0.5, 0.6) is 0 Å². The van der Waals surface area contributed by atoms with Crippen molar-refractivity contribution >= 4 is 17.6 Å². The van der Waals surface area contributed by atoms with Crippen LogP contribution in [0.3, 0.4) is 0 Å².